The summed E-state index contributed by atoms with van der Waals surface area (Å²) in [5, 5.41) is 0.683. The molecular formula is C27H32BrClN4O4S. The van der Waals surface area contributed by atoms with E-state index < -0.39 is 10.0 Å². The summed E-state index contributed by atoms with van der Waals surface area (Å²) in [5.74, 6) is -0.464. The van der Waals surface area contributed by atoms with Crippen LogP contribution in [-0.2, 0) is 26.0 Å². The van der Waals surface area contributed by atoms with E-state index in [4.69, 9.17) is 11.6 Å². The number of fused-ring (bicyclic) bond motifs is 1. The monoisotopic (exact) mass is 622 g/mol. The first-order chi connectivity index (χ1) is 18.2. The van der Waals surface area contributed by atoms with Crippen molar-refractivity contribution in [3.8, 4) is 0 Å². The molecular weight excluding hydrogens is 592 g/mol. The molecule has 5 rings (SSSR count). The van der Waals surface area contributed by atoms with Crippen LogP contribution in [0.25, 0.3) is 0 Å². The van der Waals surface area contributed by atoms with Crippen LogP contribution in [-0.4, -0.2) is 75.3 Å². The van der Waals surface area contributed by atoms with Gasteiger partial charge in [-0.15, -0.1) is 0 Å². The number of halogens is 2. The van der Waals surface area contributed by atoms with Gasteiger partial charge in [0.05, 0.1) is 11.6 Å². The van der Waals surface area contributed by atoms with Gasteiger partial charge in [-0.05, 0) is 55.2 Å². The zero-order valence-corrected chi connectivity index (χ0v) is 24.6. The summed E-state index contributed by atoms with van der Waals surface area (Å²) in [6.45, 7) is 5.34. The lowest BCUT2D eigenvalue weighted by Crippen LogP contribution is -2.53. The molecule has 1 atom stereocenters. The molecule has 2 fully saturated rings. The molecule has 0 aliphatic carbocycles. The Morgan fingerprint density at radius 2 is 1.82 bits per heavy atom. The fourth-order valence-electron chi connectivity index (χ4n) is 5.72. The van der Waals surface area contributed by atoms with Crippen molar-refractivity contribution in [3.63, 3.8) is 0 Å². The Kier molecular flexibility index (Phi) is 8.05. The number of hydrogen-bond donors (Lipinski definition) is 0. The molecule has 0 aromatic heterocycles. The summed E-state index contributed by atoms with van der Waals surface area (Å²) in [7, 11) is -3.91. The number of carbonyl (C=O) groups excluding carboxylic acids is 2. The van der Waals surface area contributed by atoms with Gasteiger partial charge in [0.2, 0.25) is 21.8 Å². The van der Waals surface area contributed by atoms with Crippen molar-refractivity contribution in [1.29, 1.82) is 0 Å². The van der Waals surface area contributed by atoms with E-state index in [9.17, 15) is 18.0 Å². The molecule has 2 saturated heterocycles. The molecule has 0 bridgehead atoms. The quantitative estimate of drug-likeness (QED) is 0.500. The van der Waals surface area contributed by atoms with Crippen molar-refractivity contribution >= 4 is 60.7 Å². The molecule has 0 N–H and O–H groups in total. The van der Waals surface area contributed by atoms with Crippen molar-refractivity contribution in [3.05, 3.63) is 51.5 Å². The topological polar surface area (TPSA) is 81.2 Å². The number of hydrogen-bond acceptors (Lipinski definition) is 5. The number of benzene rings is 2. The first-order valence-electron chi connectivity index (χ1n) is 13.1. The minimum Gasteiger partial charge on any atom is -0.368 e. The van der Waals surface area contributed by atoms with E-state index in [0.29, 0.717) is 80.1 Å². The lowest BCUT2D eigenvalue weighted by Gasteiger charge is -2.39. The van der Waals surface area contributed by atoms with Crippen LogP contribution in [0, 0.1) is 5.92 Å². The normalized spacial score (nSPS) is 20.5. The van der Waals surface area contributed by atoms with Crippen molar-refractivity contribution in [2.45, 2.75) is 37.5 Å². The maximum absolute atomic E-state index is 14.0. The second-order valence-electron chi connectivity index (χ2n) is 10.1. The van der Waals surface area contributed by atoms with Crippen LogP contribution in [0.1, 0.15) is 31.7 Å². The number of carbonyl (C=O) groups is 2. The molecule has 2 aromatic carbocycles. The van der Waals surface area contributed by atoms with Gasteiger partial charge in [0, 0.05) is 67.4 Å². The molecule has 8 nitrogen and oxygen atoms in total. The lowest BCUT2D eigenvalue weighted by atomic mass is 9.97. The minimum absolute atomic E-state index is 0.0119. The van der Waals surface area contributed by atoms with E-state index in [1.165, 1.54) is 4.31 Å². The van der Waals surface area contributed by atoms with E-state index >= 15 is 0 Å². The SMILES string of the molecule is CCC(=O)N1CCc2cc(Br)cc(S(=O)(=O)N3CCC[C@H](C(=O)N4CCN(c5cccc(Cl)c5)CC4)C3)c21. The van der Waals surface area contributed by atoms with Crippen LogP contribution < -0.4 is 9.80 Å². The highest BCUT2D eigenvalue weighted by Crippen LogP contribution is 2.40. The smallest absolute Gasteiger partial charge is 0.245 e. The van der Waals surface area contributed by atoms with Crippen LogP contribution in [0.4, 0.5) is 11.4 Å². The largest absolute Gasteiger partial charge is 0.368 e. The zero-order valence-electron chi connectivity index (χ0n) is 21.4. The number of piperidine rings is 1. The molecule has 3 aliphatic rings. The van der Waals surface area contributed by atoms with Gasteiger partial charge in [0.15, 0.2) is 0 Å². The second-order valence-corrected chi connectivity index (χ2v) is 13.3. The second kappa shape index (κ2) is 11.2. The van der Waals surface area contributed by atoms with Gasteiger partial charge < -0.3 is 14.7 Å². The van der Waals surface area contributed by atoms with E-state index in [-0.39, 0.29) is 29.2 Å². The third-order valence-electron chi connectivity index (χ3n) is 7.71. The molecule has 0 spiro atoms. The Morgan fingerprint density at radius 1 is 1.05 bits per heavy atom. The summed E-state index contributed by atoms with van der Waals surface area (Å²) >= 11 is 9.60. The molecule has 0 radical (unpaired) electrons. The fourth-order valence-corrected chi connectivity index (χ4v) is 8.35. The number of piperazine rings is 1. The molecule has 3 aliphatic heterocycles. The van der Waals surface area contributed by atoms with Crippen molar-refractivity contribution in [2.24, 2.45) is 5.92 Å². The molecule has 2 aromatic rings. The number of amides is 2. The molecule has 0 unspecified atom stereocenters. The third kappa shape index (κ3) is 5.33. The van der Waals surface area contributed by atoms with Gasteiger partial charge >= 0.3 is 0 Å². The van der Waals surface area contributed by atoms with Gasteiger partial charge in [-0.25, -0.2) is 8.42 Å². The Bertz CT molecular complexity index is 1350. The predicted octanol–water partition coefficient (Wildman–Crippen LogP) is 4.15. The van der Waals surface area contributed by atoms with Crippen LogP contribution in [0.2, 0.25) is 5.02 Å². The van der Waals surface area contributed by atoms with E-state index in [1.807, 2.05) is 35.2 Å². The number of rotatable bonds is 5. The Morgan fingerprint density at radius 3 is 2.53 bits per heavy atom. The van der Waals surface area contributed by atoms with Crippen LogP contribution >= 0.6 is 27.5 Å². The van der Waals surface area contributed by atoms with Gasteiger partial charge in [-0.3, -0.25) is 9.59 Å². The van der Waals surface area contributed by atoms with Crippen LogP contribution in [0.15, 0.2) is 45.8 Å². The van der Waals surface area contributed by atoms with Crippen LogP contribution in [0.5, 0.6) is 0 Å². The standard InChI is InChI=1S/C27H32BrClN4O4S/c1-2-25(34)33-10-8-19-15-21(28)16-24(26(19)33)38(36,37)32-9-4-5-20(18-32)27(35)31-13-11-30(12-14-31)23-7-3-6-22(29)17-23/h3,6-7,15-17,20H,2,4-5,8-14,18H2,1H3/t20-/m0/s1. The highest BCUT2D eigenvalue weighted by molar-refractivity contribution is 9.10. The van der Waals surface area contributed by atoms with Gasteiger partial charge in [-0.2, -0.15) is 4.31 Å². The summed E-state index contributed by atoms with van der Waals surface area (Å²) in [6, 6.07) is 11.2. The maximum Gasteiger partial charge on any atom is 0.245 e. The number of sulfonamides is 1. The van der Waals surface area contributed by atoms with E-state index in [1.54, 1.807) is 17.9 Å². The van der Waals surface area contributed by atoms with Crippen molar-refractivity contribution in [2.75, 3.05) is 55.6 Å². The number of anilines is 2. The molecule has 38 heavy (non-hydrogen) atoms. The minimum atomic E-state index is -3.91. The summed E-state index contributed by atoms with van der Waals surface area (Å²) in [4.78, 5) is 31.9. The summed E-state index contributed by atoms with van der Waals surface area (Å²) in [6.07, 6.45) is 2.20. The average molecular weight is 624 g/mol. The third-order valence-corrected chi connectivity index (χ3v) is 10.3. The molecule has 204 valence electrons. The van der Waals surface area contributed by atoms with Gasteiger partial charge in [0.25, 0.3) is 0 Å². The summed E-state index contributed by atoms with van der Waals surface area (Å²) < 4.78 is 30.0. The van der Waals surface area contributed by atoms with Crippen LogP contribution in [0.3, 0.4) is 0 Å². The average Bonchev–Trinajstić information content (AvgIpc) is 3.35. The molecule has 2 amide bonds. The summed E-state index contributed by atoms with van der Waals surface area (Å²) in [5.41, 5.74) is 2.38. The molecule has 3 heterocycles. The zero-order chi connectivity index (χ0) is 27.0. The van der Waals surface area contributed by atoms with Gasteiger partial charge in [0.1, 0.15) is 4.90 Å². The number of nitrogens with zero attached hydrogens (tertiary/aromatic N) is 4. The lowest BCUT2D eigenvalue weighted by molar-refractivity contribution is -0.137. The maximum atomic E-state index is 14.0. The Labute approximate surface area is 237 Å². The first-order valence-corrected chi connectivity index (χ1v) is 15.7. The first kappa shape index (κ1) is 27.4. The van der Waals surface area contributed by atoms with Crippen molar-refractivity contribution < 1.29 is 18.0 Å². The van der Waals surface area contributed by atoms with Crippen molar-refractivity contribution in [1.82, 2.24) is 9.21 Å². The molecule has 0 saturated carbocycles. The highest BCUT2D eigenvalue weighted by atomic mass is 79.9. The Balaban J connectivity index is 1.31. The van der Waals surface area contributed by atoms with E-state index in [2.05, 4.69) is 20.8 Å². The Hall–Kier alpha value is -2.14. The fraction of sp³-hybridized carbons (Fsp3) is 0.481. The van der Waals surface area contributed by atoms with E-state index in [0.717, 1.165) is 11.3 Å². The molecule has 11 heteroatoms. The van der Waals surface area contributed by atoms with Gasteiger partial charge in [-0.1, -0.05) is 40.5 Å². The highest BCUT2D eigenvalue weighted by Gasteiger charge is 2.39. The predicted molar refractivity (Wildman–Crippen MR) is 152 cm³/mol.